The standard InChI is InChI=1S/C27H40O2/c1-17(2)23-15-21(11-13-25(23)28-19(5)6)27(9,10)22-12-14-26(29-20(7)8)24(16-22)18(3)4/h11-20H,1-10H3. The summed E-state index contributed by atoms with van der Waals surface area (Å²) in [5, 5.41) is 0. The minimum atomic E-state index is -0.111. The van der Waals surface area contributed by atoms with E-state index in [9.17, 15) is 0 Å². The summed E-state index contributed by atoms with van der Waals surface area (Å²) in [6.45, 7) is 21.8. The van der Waals surface area contributed by atoms with Crippen LogP contribution in [-0.2, 0) is 5.41 Å². The Morgan fingerprint density at radius 2 is 0.931 bits per heavy atom. The Balaban J connectivity index is 2.51. The lowest BCUT2D eigenvalue weighted by Gasteiger charge is -2.29. The maximum Gasteiger partial charge on any atom is 0.123 e. The molecule has 2 heteroatoms. The zero-order valence-electron chi connectivity index (χ0n) is 20.1. The second-order valence-electron chi connectivity index (χ2n) is 9.77. The highest BCUT2D eigenvalue weighted by Gasteiger charge is 2.26. The fraction of sp³-hybridized carbons (Fsp3) is 0.556. The van der Waals surface area contributed by atoms with Gasteiger partial charge >= 0.3 is 0 Å². The van der Waals surface area contributed by atoms with Crippen molar-refractivity contribution in [3.63, 3.8) is 0 Å². The molecule has 0 amide bonds. The van der Waals surface area contributed by atoms with Gasteiger partial charge in [-0.25, -0.2) is 0 Å². The van der Waals surface area contributed by atoms with Crippen molar-refractivity contribution in [2.75, 3.05) is 0 Å². The predicted molar refractivity (Wildman–Crippen MR) is 125 cm³/mol. The van der Waals surface area contributed by atoms with Gasteiger partial charge in [0.25, 0.3) is 0 Å². The van der Waals surface area contributed by atoms with Crippen molar-refractivity contribution in [1.29, 1.82) is 0 Å². The summed E-state index contributed by atoms with van der Waals surface area (Å²) >= 11 is 0. The van der Waals surface area contributed by atoms with Crippen LogP contribution in [0.4, 0.5) is 0 Å². The van der Waals surface area contributed by atoms with Gasteiger partial charge in [-0.2, -0.15) is 0 Å². The van der Waals surface area contributed by atoms with Gasteiger partial charge in [-0.05, 0) is 73.9 Å². The van der Waals surface area contributed by atoms with Gasteiger partial charge in [0.2, 0.25) is 0 Å². The van der Waals surface area contributed by atoms with E-state index in [2.05, 4.69) is 106 Å². The summed E-state index contributed by atoms with van der Waals surface area (Å²) in [6, 6.07) is 13.4. The molecule has 2 nitrogen and oxygen atoms in total. The lowest BCUT2D eigenvalue weighted by atomic mass is 9.76. The minimum absolute atomic E-state index is 0.111. The monoisotopic (exact) mass is 396 g/mol. The average Bonchev–Trinajstić information content (AvgIpc) is 2.60. The molecule has 29 heavy (non-hydrogen) atoms. The van der Waals surface area contributed by atoms with Crippen molar-refractivity contribution < 1.29 is 9.47 Å². The first-order chi connectivity index (χ1) is 13.4. The van der Waals surface area contributed by atoms with E-state index >= 15 is 0 Å². The van der Waals surface area contributed by atoms with Crippen LogP contribution in [0.3, 0.4) is 0 Å². The quantitative estimate of drug-likeness (QED) is 0.452. The van der Waals surface area contributed by atoms with Gasteiger partial charge in [-0.1, -0.05) is 65.8 Å². The maximum atomic E-state index is 6.07. The Morgan fingerprint density at radius 3 is 1.21 bits per heavy atom. The highest BCUT2D eigenvalue weighted by atomic mass is 16.5. The first-order valence-corrected chi connectivity index (χ1v) is 11.1. The van der Waals surface area contributed by atoms with E-state index in [0.29, 0.717) is 11.8 Å². The molecule has 0 heterocycles. The highest BCUT2D eigenvalue weighted by Crippen LogP contribution is 2.39. The molecule has 0 unspecified atom stereocenters. The third-order valence-corrected chi connectivity index (χ3v) is 5.43. The molecule has 2 aromatic rings. The van der Waals surface area contributed by atoms with E-state index in [4.69, 9.17) is 9.47 Å². The molecule has 2 rings (SSSR count). The Labute approximate surface area is 178 Å². The molecule has 0 aliphatic heterocycles. The van der Waals surface area contributed by atoms with Crippen LogP contribution in [0.5, 0.6) is 11.5 Å². The van der Waals surface area contributed by atoms with Crippen LogP contribution in [0.2, 0.25) is 0 Å². The molecule has 0 aromatic heterocycles. The molecular weight excluding hydrogens is 356 g/mol. The topological polar surface area (TPSA) is 18.5 Å². The molecule has 0 saturated carbocycles. The SMILES string of the molecule is CC(C)Oc1ccc(C(C)(C)c2ccc(OC(C)C)c(C(C)C)c2)cc1C(C)C. The van der Waals surface area contributed by atoms with E-state index in [1.807, 2.05) is 0 Å². The van der Waals surface area contributed by atoms with Crippen molar-refractivity contribution >= 4 is 0 Å². The molecule has 0 aliphatic rings. The lowest BCUT2D eigenvalue weighted by molar-refractivity contribution is 0.239. The third-order valence-electron chi connectivity index (χ3n) is 5.43. The number of rotatable bonds is 8. The summed E-state index contributed by atoms with van der Waals surface area (Å²) in [6.07, 6.45) is 0.349. The second-order valence-corrected chi connectivity index (χ2v) is 9.77. The van der Waals surface area contributed by atoms with E-state index in [1.54, 1.807) is 0 Å². The van der Waals surface area contributed by atoms with Gasteiger partial charge in [0.15, 0.2) is 0 Å². The summed E-state index contributed by atoms with van der Waals surface area (Å²) in [5.41, 5.74) is 5.05. The van der Waals surface area contributed by atoms with E-state index in [0.717, 1.165) is 11.5 Å². The summed E-state index contributed by atoms with van der Waals surface area (Å²) in [5.74, 6) is 2.82. The van der Waals surface area contributed by atoms with Crippen molar-refractivity contribution in [3.8, 4) is 11.5 Å². The zero-order chi connectivity index (χ0) is 21.9. The van der Waals surface area contributed by atoms with E-state index in [-0.39, 0.29) is 17.6 Å². The molecule has 2 aromatic carbocycles. The molecule has 0 aliphatic carbocycles. The Bertz CT molecular complexity index is 746. The van der Waals surface area contributed by atoms with Crippen molar-refractivity contribution in [2.45, 2.75) is 98.7 Å². The van der Waals surface area contributed by atoms with Crippen LogP contribution in [-0.4, -0.2) is 12.2 Å². The number of ether oxygens (including phenoxy) is 2. The van der Waals surface area contributed by atoms with Gasteiger partial charge < -0.3 is 9.47 Å². The van der Waals surface area contributed by atoms with Crippen LogP contribution < -0.4 is 9.47 Å². The van der Waals surface area contributed by atoms with Crippen LogP contribution in [0.15, 0.2) is 36.4 Å². The van der Waals surface area contributed by atoms with Crippen LogP contribution in [0.1, 0.15) is 103 Å². The van der Waals surface area contributed by atoms with Gasteiger partial charge in [-0.15, -0.1) is 0 Å². The van der Waals surface area contributed by atoms with Crippen molar-refractivity contribution in [2.24, 2.45) is 0 Å². The van der Waals surface area contributed by atoms with Gasteiger partial charge in [-0.3, -0.25) is 0 Å². The molecule has 160 valence electrons. The predicted octanol–water partition coefficient (Wildman–Crippen LogP) is 7.83. The number of hydrogen-bond donors (Lipinski definition) is 0. The molecule has 0 N–H and O–H groups in total. The lowest BCUT2D eigenvalue weighted by Crippen LogP contribution is -2.20. The second kappa shape index (κ2) is 9.24. The first-order valence-electron chi connectivity index (χ1n) is 11.1. The average molecular weight is 397 g/mol. The third kappa shape index (κ3) is 5.56. The molecule has 0 saturated heterocycles. The largest absolute Gasteiger partial charge is 0.491 e. The molecular formula is C27H40O2. The molecule has 0 radical (unpaired) electrons. The Morgan fingerprint density at radius 1 is 0.586 bits per heavy atom. The van der Waals surface area contributed by atoms with E-state index < -0.39 is 0 Å². The Hall–Kier alpha value is -1.96. The first kappa shape index (κ1) is 23.3. The summed E-state index contributed by atoms with van der Waals surface area (Å²) < 4.78 is 12.1. The van der Waals surface area contributed by atoms with Gasteiger partial charge in [0.05, 0.1) is 12.2 Å². The smallest absolute Gasteiger partial charge is 0.123 e. The zero-order valence-corrected chi connectivity index (χ0v) is 20.1. The van der Waals surface area contributed by atoms with E-state index in [1.165, 1.54) is 22.3 Å². The fourth-order valence-corrected chi connectivity index (χ4v) is 3.67. The minimum Gasteiger partial charge on any atom is -0.491 e. The molecule has 0 spiro atoms. The normalized spacial score (nSPS) is 12.3. The van der Waals surface area contributed by atoms with Crippen LogP contribution >= 0.6 is 0 Å². The molecule has 0 fully saturated rings. The summed E-state index contributed by atoms with van der Waals surface area (Å²) in [4.78, 5) is 0. The van der Waals surface area contributed by atoms with Gasteiger partial charge in [0.1, 0.15) is 11.5 Å². The maximum absolute atomic E-state index is 6.07. The van der Waals surface area contributed by atoms with Crippen molar-refractivity contribution in [1.82, 2.24) is 0 Å². The fourth-order valence-electron chi connectivity index (χ4n) is 3.67. The van der Waals surface area contributed by atoms with Crippen LogP contribution in [0, 0.1) is 0 Å². The number of hydrogen-bond acceptors (Lipinski definition) is 2. The highest BCUT2D eigenvalue weighted by molar-refractivity contribution is 5.49. The van der Waals surface area contributed by atoms with Crippen LogP contribution in [0.25, 0.3) is 0 Å². The molecule has 0 bridgehead atoms. The summed E-state index contributed by atoms with van der Waals surface area (Å²) in [7, 11) is 0. The van der Waals surface area contributed by atoms with Gasteiger partial charge in [0, 0.05) is 5.41 Å². The Kier molecular flexibility index (Phi) is 7.43. The molecule has 0 atom stereocenters. The van der Waals surface area contributed by atoms with Crippen molar-refractivity contribution in [3.05, 3.63) is 58.7 Å². The number of benzene rings is 2.